The number of primary amides is 1. The third-order valence-electron chi connectivity index (χ3n) is 1.85. The van der Waals surface area contributed by atoms with E-state index >= 15 is 0 Å². The van der Waals surface area contributed by atoms with Gasteiger partial charge in [0.2, 0.25) is 0 Å². The van der Waals surface area contributed by atoms with Gasteiger partial charge >= 0.3 is 6.09 Å². The Morgan fingerprint density at radius 2 is 1.75 bits per heavy atom. The van der Waals surface area contributed by atoms with Gasteiger partial charge in [-0.3, -0.25) is 0 Å². The van der Waals surface area contributed by atoms with E-state index in [0.717, 1.165) is 11.1 Å². The molecule has 1 amide bonds. The minimum atomic E-state index is -0.745. The number of carbonyl (C=O) groups excluding carboxylic acids is 1. The molecule has 0 aliphatic carbocycles. The Kier molecular flexibility index (Phi) is 6.41. The molecule has 0 bridgehead atoms. The molecule has 1 aromatic carbocycles. The van der Waals surface area contributed by atoms with Gasteiger partial charge in [-0.1, -0.05) is 0 Å². The van der Waals surface area contributed by atoms with E-state index in [2.05, 4.69) is 10.5 Å². The molecule has 1 aromatic rings. The first kappa shape index (κ1) is 14.6. The number of hydrogen-bond acceptors (Lipinski definition) is 4. The molecule has 0 saturated heterocycles. The second kappa shape index (κ2) is 7.00. The SMILES string of the molecule is COC(N)=O.CSc1c(C)cc(O)cc1C. The van der Waals surface area contributed by atoms with Crippen molar-refractivity contribution in [3.05, 3.63) is 23.3 Å². The van der Waals surface area contributed by atoms with E-state index in [0.29, 0.717) is 5.75 Å². The quantitative estimate of drug-likeness (QED) is 0.743. The van der Waals surface area contributed by atoms with Crippen LogP contribution in [0, 0.1) is 13.8 Å². The van der Waals surface area contributed by atoms with Gasteiger partial charge < -0.3 is 15.6 Å². The normalized spacial score (nSPS) is 9.00. The van der Waals surface area contributed by atoms with Gasteiger partial charge in [0.25, 0.3) is 0 Å². The van der Waals surface area contributed by atoms with E-state index in [1.54, 1.807) is 23.9 Å². The van der Waals surface area contributed by atoms with Crippen molar-refractivity contribution in [2.45, 2.75) is 18.7 Å². The number of aromatic hydroxyl groups is 1. The number of phenols is 1. The number of aryl methyl sites for hydroxylation is 2. The van der Waals surface area contributed by atoms with Gasteiger partial charge in [-0.15, -0.1) is 11.8 Å². The Bertz CT molecular complexity index is 343. The molecular weight excluding hydrogens is 226 g/mol. The third-order valence-corrected chi connectivity index (χ3v) is 2.90. The number of thioether (sulfide) groups is 1. The summed E-state index contributed by atoms with van der Waals surface area (Å²) >= 11 is 1.72. The number of hydrogen-bond donors (Lipinski definition) is 2. The zero-order valence-electron chi connectivity index (χ0n) is 9.90. The molecular formula is C11H17NO3S. The first-order valence-corrected chi connectivity index (χ1v) is 5.82. The highest BCUT2D eigenvalue weighted by atomic mass is 32.2. The highest BCUT2D eigenvalue weighted by Crippen LogP contribution is 2.27. The lowest BCUT2D eigenvalue weighted by molar-refractivity contribution is 0.182. The molecule has 0 unspecified atom stereocenters. The summed E-state index contributed by atoms with van der Waals surface area (Å²) in [7, 11) is 1.22. The van der Waals surface area contributed by atoms with E-state index in [4.69, 9.17) is 0 Å². The highest BCUT2D eigenvalue weighted by molar-refractivity contribution is 7.98. The van der Waals surface area contributed by atoms with Crippen molar-refractivity contribution in [2.24, 2.45) is 5.73 Å². The van der Waals surface area contributed by atoms with Crippen LogP contribution in [0.5, 0.6) is 5.75 Å². The van der Waals surface area contributed by atoms with E-state index < -0.39 is 6.09 Å². The molecule has 0 atom stereocenters. The summed E-state index contributed by atoms with van der Waals surface area (Å²) in [6.07, 6.45) is 1.30. The standard InChI is InChI=1S/C9H12OS.C2H5NO2/c1-6-4-8(10)5-7(2)9(6)11-3;1-5-2(3)4/h4-5,10H,1-3H3;1H3,(H2,3,4). The Hall–Kier alpha value is -1.36. The molecule has 0 aliphatic rings. The predicted octanol–water partition coefficient (Wildman–Crippen LogP) is 2.44. The van der Waals surface area contributed by atoms with Crippen molar-refractivity contribution in [3.8, 4) is 5.75 Å². The molecule has 0 heterocycles. The van der Waals surface area contributed by atoms with E-state index in [1.807, 2.05) is 20.1 Å². The molecule has 16 heavy (non-hydrogen) atoms. The number of benzene rings is 1. The molecule has 90 valence electrons. The maximum Gasteiger partial charge on any atom is 0.404 e. The zero-order chi connectivity index (χ0) is 12.7. The number of ether oxygens (including phenoxy) is 1. The van der Waals surface area contributed by atoms with E-state index in [1.165, 1.54) is 12.0 Å². The maximum atomic E-state index is 9.37. The maximum absolute atomic E-state index is 9.37. The lowest BCUT2D eigenvalue weighted by atomic mass is 10.1. The van der Waals surface area contributed by atoms with Crippen molar-refractivity contribution in [1.29, 1.82) is 0 Å². The lowest BCUT2D eigenvalue weighted by Gasteiger charge is -2.06. The second-order valence-corrected chi connectivity index (χ2v) is 3.95. The van der Waals surface area contributed by atoms with Crippen LogP contribution in [-0.2, 0) is 4.74 Å². The summed E-state index contributed by atoms with van der Waals surface area (Å²) < 4.78 is 3.89. The molecule has 0 fully saturated rings. The Morgan fingerprint density at radius 3 is 2.00 bits per heavy atom. The number of methoxy groups -OCH3 is 1. The molecule has 0 saturated carbocycles. The van der Waals surface area contributed by atoms with Crippen molar-refractivity contribution < 1.29 is 14.6 Å². The minimum Gasteiger partial charge on any atom is -0.508 e. The van der Waals surface area contributed by atoms with Crippen LogP contribution in [0.2, 0.25) is 0 Å². The van der Waals surface area contributed by atoms with Crippen LogP contribution in [0.25, 0.3) is 0 Å². The average Bonchev–Trinajstić information content (AvgIpc) is 2.17. The lowest BCUT2D eigenvalue weighted by Crippen LogP contribution is -2.08. The molecule has 0 aliphatic heterocycles. The van der Waals surface area contributed by atoms with Crippen molar-refractivity contribution >= 4 is 17.9 Å². The summed E-state index contributed by atoms with van der Waals surface area (Å²) in [5.41, 5.74) is 6.73. The van der Waals surface area contributed by atoms with Crippen LogP contribution in [0.3, 0.4) is 0 Å². The van der Waals surface area contributed by atoms with Gasteiger partial charge in [-0.2, -0.15) is 0 Å². The van der Waals surface area contributed by atoms with Gasteiger partial charge in [0, 0.05) is 4.90 Å². The molecule has 0 radical (unpaired) electrons. The minimum absolute atomic E-state index is 0.359. The Labute approximate surface area is 99.8 Å². The van der Waals surface area contributed by atoms with Crippen LogP contribution in [0.4, 0.5) is 4.79 Å². The topological polar surface area (TPSA) is 72.5 Å². The fourth-order valence-electron chi connectivity index (χ4n) is 1.25. The number of amides is 1. The first-order chi connectivity index (χ1) is 7.42. The van der Waals surface area contributed by atoms with Crippen molar-refractivity contribution in [2.75, 3.05) is 13.4 Å². The number of carbonyl (C=O) groups is 1. The molecule has 0 spiro atoms. The monoisotopic (exact) mass is 243 g/mol. The fourth-order valence-corrected chi connectivity index (χ4v) is 2.01. The second-order valence-electron chi connectivity index (χ2n) is 3.14. The molecule has 3 N–H and O–H groups in total. The van der Waals surface area contributed by atoms with Gasteiger partial charge in [-0.05, 0) is 43.4 Å². The fraction of sp³-hybridized carbons (Fsp3) is 0.364. The van der Waals surface area contributed by atoms with Gasteiger partial charge in [0.1, 0.15) is 5.75 Å². The van der Waals surface area contributed by atoms with E-state index in [-0.39, 0.29) is 0 Å². The van der Waals surface area contributed by atoms with E-state index in [9.17, 15) is 9.90 Å². The Morgan fingerprint density at radius 1 is 1.38 bits per heavy atom. The van der Waals surface area contributed by atoms with Crippen LogP contribution in [0.15, 0.2) is 17.0 Å². The smallest absolute Gasteiger partial charge is 0.404 e. The van der Waals surface area contributed by atoms with Gasteiger partial charge in [0.05, 0.1) is 7.11 Å². The third kappa shape index (κ3) is 4.93. The zero-order valence-corrected chi connectivity index (χ0v) is 10.7. The largest absolute Gasteiger partial charge is 0.508 e. The van der Waals surface area contributed by atoms with Crippen LogP contribution in [0.1, 0.15) is 11.1 Å². The van der Waals surface area contributed by atoms with Crippen LogP contribution in [-0.4, -0.2) is 24.6 Å². The summed E-state index contributed by atoms with van der Waals surface area (Å²) in [4.78, 5) is 10.6. The summed E-state index contributed by atoms with van der Waals surface area (Å²) in [6.45, 7) is 4.02. The average molecular weight is 243 g/mol. The highest BCUT2D eigenvalue weighted by Gasteiger charge is 2.01. The number of phenolic OH excluding ortho intramolecular Hbond substituents is 1. The molecule has 4 nitrogen and oxygen atoms in total. The molecule has 0 aromatic heterocycles. The number of rotatable bonds is 1. The first-order valence-electron chi connectivity index (χ1n) is 4.60. The predicted molar refractivity (Wildman–Crippen MR) is 66.0 cm³/mol. The van der Waals surface area contributed by atoms with Crippen molar-refractivity contribution in [3.63, 3.8) is 0 Å². The molecule has 5 heteroatoms. The van der Waals surface area contributed by atoms with Crippen LogP contribution < -0.4 is 5.73 Å². The van der Waals surface area contributed by atoms with Gasteiger partial charge in [-0.25, -0.2) is 4.79 Å². The summed E-state index contributed by atoms with van der Waals surface area (Å²) in [5.74, 6) is 0.359. The van der Waals surface area contributed by atoms with Crippen LogP contribution >= 0.6 is 11.8 Å². The number of nitrogens with two attached hydrogens (primary N) is 1. The van der Waals surface area contributed by atoms with Crippen molar-refractivity contribution in [1.82, 2.24) is 0 Å². The summed E-state index contributed by atoms with van der Waals surface area (Å²) in [6, 6.07) is 3.58. The Balaban J connectivity index is 0.000000385. The molecule has 1 rings (SSSR count). The van der Waals surface area contributed by atoms with Gasteiger partial charge in [0.15, 0.2) is 0 Å². The summed E-state index contributed by atoms with van der Waals surface area (Å²) in [5, 5.41) is 9.20.